The fourth-order valence-corrected chi connectivity index (χ4v) is 5.48. The summed E-state index contributed by atoms with van der Waals surface area (Å²) in [5, 5.41) is 19.7. The fourth-order valence-electron chi connectivity index (χ4n) is 4.76. The average molecular weight is 520 g/mol. The first kappa shape index (κ1) is 24.7. The molecule has 3 aromatic rings. The average Bonchev–Trinajstić information content (AvgIpc) is 3.27. The quantitative estimate of drug-likeness (QED) is 0.202. The summed E-state index contributed by atoms with van der Waals surface area (Å²) in [6.07, 6.45) is 0.992. The Kier molecular flexibility index (Phi) is 6.32. The van der Waals surface area contributed by atoms with Crippen molar-refractivity contribution in [2.45, 2.75) is 37.9 Å². The highest BCUT2D eigenvalue weighted by atomic mass is 32.2. The number of ketones is 2. The third kappa shape index (κ3) is 4.86. The number of benzene rings is 2. The van der Waals surface area contributed by atoms with Crippen LogP contribution in [0.1, 0.15) is 48.7 Å². The standard InChI is InChI=1S/C26H25N5O5S/c1-26(2)12-19-22(20(32)13-26)23(16-5-4-6-17(11-16)31(34)35)30-24(27-19)28-25(29-30)37-14-21(33)15-7-9-18(36-3)10-8-15/h4-11,23H,12-14H2,1-3H3,(H,27,28,29). The van der Waals surface area contributed by atoms with Crippen LogP contribution >= 0.6 is 11.8 Å². The second kappa shape index (κ2) is 9.47. The van der Waals surface area contributed by atoms with Crippen molar-refractivity contribution in [3.05, 3.63) is 81.0 Å². The van der Waals surface area contributed by atoms with Crippen molar-refractivity contribution in [2.24, 2.45) is 5.41 Å². The van der Waals surface area contributed by atoms with E-state index in [9.17, 15) is 19.7 Å². The maximum absolute atomic E-state index is 13.3. The van der Waals surface area contributed by atoms with Crippen LogP contribution in [-0.4, -0.2) is 44.1 Å². The molecule has 1 atom stereocenters. The molecule has 190 valence electrons. The monoisotopic (exact) mass is 519 g/mol. The van der Waals surface area contributed by atoms with E-state index in [2.05, 4.69) is 15.4 Å². The van der Waals surface area contributed by atoms with E-state index in [1.165, 1.54) is 23.9 Å². The number of thioether (sulfide) groups is 1. The maximum atomic E-state index is 13.3. The number of nitrogens with zero attached hydrogens (tertiary/aromatic N) is 4. The Hall–Kier alpha value is -3.99. The number of methoxy groups -OCH3 is 1. The van der Waals surface area contributed by atoms with Gasteiger partial charge in [-0.15, -0.1) is 5.10 Å². The van der Waals surface area contributed by atoms with Crippen molar-refractivity contribution in [1.29, 1.82) is 0 Å². The van der Waals surface area contributed by atoms with Crippen LogP contribution in [0.2, 0.25) is 0 Å². The Morgan fingerprint density at radius 3 is 2.70 bits per heavy atom. The molecule has 2 aromatic carbocycles. The lowest BCUT2D eigenvalue weighted by molar-refractivity contribution is -0.384. The van der Waals surface area contributed by atoms with Gasteiger partial charge in [0.2, 0.25) is 11.1 Å². The number of carbonyl (C=O) groups is 2. The summed E-state index contributed by atoms with van der Waals surface area (Å²) in [7, 11) is 1.56. The molecule has 11 heteroatoms. The number of allylic oxidation sites excluding steroid dienone is 2. The summed E-state index contributed by atoms with van der Waals surface area (Å²) < 4.78 is 6.73. The van der Waals surface area contributed by atoms with Crippen LogP contribution in [0.3, 0.4) is 0 Å². The molecule has 37 heavy (non-hydrogen) atoms. The van der Waals surface area contributed by atoms with Gasteiger partial charge in [-0.2, -0.15) is 4.98 Å². The molecule has 0 fully saturated rings. The lowest BCUT2D eigenvalue weighted by atomic mass is 9.73. The molecule has 1 N–H and O–H groups in total. The van der Waals surface area contributed by atoms with E-state index in [1.54, 1.807) is 48.2 Å². The minimum Gasteiger partial charge on any atom is -0.497 e. The van der Waals surface area contributed by atoms with Crippen molar-refractivity contribution in [2.75, 3.05) is 18.2 Å². The highest BCUT2D eigenvalue weighted by Gasteiger charge is 2.42. The van der Waals surface area contributed by atoms with Crippen LogP contribution in [0.5, 0.6) is 5.75 Å². The zero-order chi connectivity index (χ0) is 26.3. The predicted octanol–water partition coefficient (Wildman–Crippen LogP) is 4.83. The summed E-state index contributed by atoms with van der Waals surface area (Å²) in [6, 6.07) is 12.5. The molecule has 0 saturated carbocycles. The lowest BCUT2D eigenvalue weighted by Gasteiger charge is -2.38. The number of non-ortho nitro benzene ring substituents is 1. The van der Waals surface area contributed by atoms with Crippen LogP contribution < -0.4 is 10.1 Å². The number of nitro groups is 1. The molecule has 1 aromatic heterocycles. The van der Waals surface area contributed by atoms with E-state index >= 15 is 0 Å². The number of ether oxygens (including phenoxy) is 1. The van der Waals surface area contributed by atoms with Crippen molar-refractivity contribution in [1.82, 2.24) is 14.8 Å². The largest absolute Gasteiger partial charge is 0.497 e. The molecule has 0 saturated heterocycles. The van der Waals surface area contributed by atoms with Crippen molar-refractivity contribution >= 4 is 35.0 Å². The van der Waals surface area contributed by atoms with E-state index in [-0.39, 0.29) is 28.4 Å². The first-order chi connectivity index (χ1) is 17.6. The summed E-state index contributed by atoms with van der Waals surface area (Å²) in [6.45, 7) is 4.06. The fraction of sp³-hybridized carbons (Fsp3) is 0.308. The van der Waals surface area contributed by atoms with Gasteiger partial charge in [0, 0.05) is 35.4 Å². The molecule has 2 heterocycles. The topological polar surface area (TPSA) is 129 Å². The number of nitrogens with one attached hydrogen (secondary N) is 1. The minimum absolute atomic E-state index is 0.0275. The lowest BCUT2D eigenvalue weighted by Crippen LogP contribution is -2.36. The predicted molar refractivity (Wildman–Crippen MR) is 138 cm³/mol. The second-order valence-corrected chi connectivity index (χ2v) is 10.8. The number of Topliss-reactive ketones (excluding diaryl/α,β-unsaturated/α-hetero) is 2. The van der Waals surface area contributed by atoms with Gasteiger partial charge in [-0.1, -0.05) is 37.7 Å². The van der Waals surface area contributed by atoms with Crippen molar-refractivity contribution in [3.8, 4) is 5.75 Å². The van der Waals surface area contributed by atoms with Crippen LogP contribution in [0.4, 0.5) is 11.6 Å². The molecule has 2 aliphatic rings. The molecule has 1 aliphatic heterocycles. The summed E-state index contributed by atoms with van der Waals surface area (Å²) in [5.74, 6) is 1.11. The molecular formula is C26H25N5O5S. The Balaban J connectivity index is 1.48. The van der Waals surface area contributed by atoms with E-state index in [1.807, 2.05) is 13.8 Å². The zero-order valence-electron chi connectivity index (χ0n) is 20.6. The third-order valence-electron chi connectivity index (χ3n) is 6.45. The van der Waals surface area contributed by atoms with Crippen LogP contribution in [0.15, 0.2) is 65.0 Å². The number of aromatic nitrogens is 3. The van der Waals surface area contributed by atoms with E-state index in [4.69, 9.17) is 4.74 Å². The number of hydrogen-bond donors (Lipinski definition) is 1. The van der Waals surface area contributed by atoms with Crippen molar-refractivity contribution in [3.63, 3.8) is 0 Å². The summed E-state index contributed by atoms with van der Waals surface area (Å²) in [4.78, 5) is 41.6. The summed E-state index contributed by atoms with van der Waals surface area (Å²) >= 11 is 1.19. The highest BCUT2D eigenvalue weighted by molar-refractivity contribution is 7.99. The van der Waals surface area contributed by atoms with Gasteiger partial charge in [0.1, 0.15) is 11.8 Å². The number of nitro benzene ring substituents is 1. The molecule has 5 rings (SSSR count). The Morgan fingerprint density at radius 1 is 1.24 bits per heavy atom. The Labute approximate surface area is 217 Å². The van der Waals surface area contributed by atoms with Gasteiger partial charge in [0.05, 0.1) is 17.8 Å². The summed E-state index contributed by atoms with van der Waals surface area (Å²) in [5.41, 5.74) is 2.12. The maximum Gasteiger partial charge on any atom is 0.269 e. The SMILES string of the molecule is COc1ccc(C(=O)CSc2nc3n(n2)C(c2cccc([N+](=O)[O-])c2)C2=C(CC(C)(C)CC2=O)N3)cc1. The Morgan fingerprint density at radius 2 is 2.00 bits per heavy atom. The van der Waals surface area contributed by atoms with Crippen LogP contribution in [-0.2, 0) is 4.79 Å². The number of carbonyl (C=O) groups excluding carboxylic acids is 2. The van der Waals surface area contributed by atoms with Gasteiger partial charge in [0.15, 0.2) is 11.6 Å². The van der Waals surface area contributed by atoms with Gasteiger partial charge in [0.25, 0.3) is 5.69 Å². The van der Waals surface area contributed by atoms with Gasteiger partial charge in [-0.25, -0.2) is 4.68 Å². The highest BCUT2D eigenvalue weighted by Crippen LogP contribution is 2.46. The second-order valence-electron chi connectivity index (χ2n) is 9.82. The smallest absolute Gasteiger partial charge is 0.269 e. The molecule has 0 radical (unpaired) electrons. The number of rotatable bonds is 7. The molecule has 0 amide bonds. The van der Waals surface area contributed by atoms with Crippen LogP contribution in [0, 0.1) is 15.5 Å². The van der Waals surface area contributed by atoms with E-state index < -0.39 is 11.0 Å². The number of hydrogen-bond acceptors (Lipinski definition) is 9. The Bertz CT molecular complexity index is 1440. The molecule has 10 nitrogen and oxygen atoms in total. The van der Waals surface area contributed by atoms with Crippen LogP contribution in [0.25, 0.3) is 0 Å². The first-order valence-electron chi connectivity index (χ1n) is 11.7. The minimum atomic E-state index is -0.658. The zero-order valence-corrected chi connectivity index (χ0v) is 21.4. The first-order valence-corrected chi connectivity index (χ1v) is 12.7. The van der Waals surface area contributed by atoms with E-state index in [0.717, 1.165) is 5.70 Å². The third-order valence-corrected chi connectivity index (χ3v) is 7.29. The number of fused-ring (bicyclic) bond motifs is 1. The van der Waals surface area contributed by atoms with Gasteiger partial charge in [-0.05, 0) is 41.7 Å². The normalized spacial score (nSPS) is 18.0. The van der Waals surface area contributed by atoms with Gasteiger partial charge < -0.3 is 10.1 Å². The molecule has 0 spiro atoms. The van der Waals surface area contributed by atoms with Crippen molar-refractivity contribution < 1.29 is 19.2 Å². The molecule has 0 bridgehead atoms. The molecule has 1 aliphatic carbocycles. The molecular weight excluding hydrogens is 494 g/mol. The van der Waals surface area contributed by atoms with E-state index in [0.29, 0.717) is 46.4 Å². The molecule has 1 unspecified atom stereocenters. The number of anilines is 1. The van der Waals surface area contributed by atoms with Gasteiger partial charge in [-0.3, -0.25) is 19.7 Å². The van der Waals surface area contributed by atoms with Gasteiger partial charge >= 0.3 is 0 Å².